The van der Waals surface area contributed by atoms with Crippen molar-refractivity contribution in [1.29, 1.82) is 0 Å². The Balaban J connectivity index is 1.81. The number of hydrogen-bond acceptors (Lipinski definition) is 4. The first-order chi connectivity index (χ1) is 13.7. The number of rotatable bonds is 5. The fourth-order valence-corrected chi connectivity index (χ4v) is 3.70. The zero-order valence-electron chi connectivity index (χ0n) is 16.0. The van der Waals surface area contributed by atoms with Crippen molar-refractivity contribution in [2.75, 3.05) is 5.32 Å². The summed E-state index contributed by atoms with van der Waals surface area (Å²) in [6.07, 6.45) is -4.55. The summed E-state index contributed by atoms with van der Waals surface area (Å²) in [4.78, 5) is 12.6. The second kappa shape index (κ2) is 8.28. The fourth-order valence-electron chi connectivity index (χ4n) is 2.80. The van der Waals surface area contributed by atoms with Crippen LogP contribution in [-0.2, 0) is 11.0 Å². The fraction of sp³-hybridized carbons (Fsp3) is 0.250. The Labute approximate surface area is 170 Å². The molecule has 5 nitrogen and oxygen atoms in total. The first-order valence-electron chi connectivity index (χ1n) is 8.80. The summed E-state index contributed by atoms with van der Waals surface area (Å²) in [5, 5.41) is 10.4. The Bertz CT molecular complexity index is 1030. The molecule has 0 aliphatic carbocycles. The van der Waals surface area contributed by atoms with Gasteiger partial charge in [-0.25, -0.2) is 0 Å². The molecule has 0 saturated carbocycles. The van der Waals surface area contributed by atoms with Crippen LogP contribution in [0.5, 0.6) is 0 Å². The molecule has 9 heteroatoms. The Morgan fingerprint density at radius 2 is 1.72 bits per heavy atom. The van der Waals surface area contributed by atoms with Gasteiger partial charge in [0.1, 0.15) is 5.82 Å². The van der Waals surface area contributed by atoms with Crippen molar-refractivity contribution in [2.24, 2.45) is 0 Å². The molecule has 0 saturated heterocycles. The second-order valence-electron chi connectivity index (χ2n) is 6.44. The second-order valence-corrected chi connectivity index (χ2v) is 7.75. The third kappa shape index (κ3) is 4.61. The number of carbonyl (C=O) groups excluding carboxylic acids is 1. The van der Waals surface area contributed by atoms with E-state index in [0.717, 1.165) is 29.1 Å². The summed E-state index contributed by atoms with van der Waals surface area (Å²) in [5.74, 6) is 0.0977. The van der Waals surface area contributed by atoms with E-state index in [9.17, 15) is 18.0 Å². The summed E-state index contributed by atoms with van der Waals surface area (Å²) in [6.45, 7) is 5.36. The molecule has 3 rings (SSSR count). The molecule has 0 aliphatic rings. The number of para-hydroxylation sites is 2. The van der Waals surface area contributed by atoms with Gasteiger partial charge in [-0.15, -0.1) is 10.2 Å². The van der Waals surface area contributed by atoms with Gasteiger partial charge in [0.05, 0.1) is 22.2 Å². The smallest absolute Gasteiger partial charge is 0.325 e. The minimum Gasteiger partial charge on any atom is -0.325 e. The molecule has 1 aromatic heterocycles. The van der Waals surface area contributed by atoms with Gasteiger partial charge in [-0.3, -0.25) is 9.36 Å². The normalized spacial score (nSPS) is 12.6. The highest BCUT2D eigenvalue weighted by atomic mass is 32.2. The van der Waals surface area contributed by atoms with Crippen LogP contribution in [0.25, 0.3) is 5.69 Å². The molecule has 0 bridgehead atoms. The van der Waals surface area contributed by atoms with E-state index in [1.807, 2.05) is 35.8 Å². The molecule has 0 radical (unpaired) electrons. The average Bonchev–Trinajstić information content (AvgIpc) is 3.02. The van der Waals surface area contributed by atoms with E-state index in [1.165, 1.54) is 18.2 Å². The van der Waals surface area contributed by atoms with Crippen LogP contribution in [0.3, 0.4) is 0 Å². The number of nitrogens with one attached hydrogen (secondary N) is 1. The summed E-state index contributed by atoms with van der Waals surface area (Å²) >= 11 is 1.13. The lowest BCUT2D eigenvalue weighted by Gasteiger charge is -2.17. The monoisotopic (exact) mass is 420 g/mol. The number of benzene rings is 2. The molecule has 1 unspecified atom stereocenters. The molecule has 1 heterocycles. The standard InChI is InChI=1S/C20H19F3N4OS/c1-12-8-4-7-11-17(12)27-14(3)25-26-19(27)29-13(2)18(28)24-16-10-6-5-9-15(16)20(21,22)23/h4-11,13H,1-3H3,(H,24,28). The Hall–Kier alpha value is -2.81. The quantitative estimate of drug-likeness (QED) is 0.589. The molecule has 0 spiro atoms. The number of aromatic nitrogens is 3. The maximum Gasteiger partial charge on any atom is 0.418 e. The predicted molar refractivity (Wildman–Crippen MR) is 106 cm³/mol. The Morgan fingerprint density at radius 1 is 1.07 bits per heavy atom. The molecule has 1 amide bonds. The molecule has 0 fully saturated rings. The number of halogens is 3. The van der Waals surface area contributed by atoms with Gasteiger partial charge in [-0.05, 0) is 44.5 Å². The van der Waals surface area contributed by atoms with Gasteiger partial charge >= 0.3 is 6.18 Å². The zero-order chi connectivity index (χ0) is 21.2. The summed E-state index contributed by atoms with van der Waals surface area (Å²) < 4.78 is 41.3. The number of alkyl halides is 3. The molecule has 29 heavy (non-hydrogen) atoms. The van der Waals surface area contributed by atoms with Gasteiger partial charge in [0.25, 0.3) is 0 Å². The number of aryl methyl sites for hydroxylation is 2. The lowest BCUT2D eigenvalue weighted by atomic mass is 10.1. The highest BCUT2D eigenvalue weighted by molar-refractivity contribution is 8.00. The van der Waals surface area contributed by atoms with E-state index in [2.05, 4.69) is 15.5 Å². The minimum absolute atomic E-state index is 0.269. The minimum atomic E-state index is -4.55. The molecule has 1 N–H and O–H groups in total. The third-order valence-electron chi connectivity index (χ3n) is 4.29. The summed E-state index contributed by atoms with van der Waals surface area (Å²) in [7, 11) is 0. The van der Waals surface area contributed by atoms with Gasteiger partial charge in [0.2, 0.25) is 5.91 Å². The van der Waals surface area contributed by atoms with E-state index >= 15 is 0 Å². The molecule has 152 valence electrons. The SMILES string of the molecule is Cc1ccccc1-n1c(C)nnc1SC(C)C(=O)Nc1ccccc1C(F)(F)F. The lowest BCUT2D eigenvalue weighted by Crippen LogP contribution is -2.24. The largest absolute Gasteiger partial charge is 0.418 e. The van der Waals surface area contributed by atoms with Crippen molar-refractivity contribution < 1.29 is 18.0 Å². The van der Waals surface area contributed by atoms with Gasteiger partial charge in [0, 0.05) is 0 Å². The van der Waals surface area contributed by atoms with Crippen LogP contribution in [0, 0.1) is 13.8 Å². The van der Waals surface area contributed by atoms with Crippen LogP contribution in [0.2, 0.25) is 0 Å². The van der Waals surface area contributed by atoms with Crippen LogP contribution in [0.15, 0.2) is 53.7 Å². The van der Waals surface area contributed by atoms with Crippen molar-refractivity contribution in [3.05, 3.63) is 65.5 Å². The first-order valence-corrected chi connectivity index (χ1v) is 9.68. The number of hydrogen-bond donors (Lipinski definition) is 1. The maximum absolute atomic E-state index is 13.1. The van der Waals surface area contributed by atoms with Crippen molar-refractivity contribution >= 4 is 23.4 Å². The molecule has 2 aromatic carbocycles. The Morgan fingerprint density at radius 3 is 2.41 bits per heavy atom. The Kier molecular flexibility index (Phi) is 5.97. The topological polar surface area (TPSA) is 59.8 Å². The van der Waals surface area contributed by atoms with E-state index in [1.54, 1.807) is 13.8 Å². The molecule has 3 aromatic rings. The highest BCUT2D eigenvalue weighted by Crippen LogP contribution is 2.35. The van der Waals surface area contributed by atoms with Gasteiger partial charge in [0.15, 0.2) is 5.16 Å². The molecule has 0 aliphatic heterocycles. The summed E-state index contributed by atoms with van der Waals surface area (Å²) in [6, 6.07) is 12.6. The van der Waals surface area contributed by atoms with E-state index < -0.39 is 22.9 Å². The lowest BCUT2D eigenvalue weighted by molar-refractivity contribution is -0.137. The zero-order valence-corrected chi connectivity index (χ0v) is 16.8. The van der Waals surface area contributed by atoms with Crippen molar-refractivity contribution in [1.82, 2.24) is 14.8 Å². The average molecular weight is 420 g/mol. The van der Waals surface area contributed by atoms with Gasteiger partial charge < -0.3 is 5.32 Å². The maximum atomic E-state index is 13.1. The van der Waals surface area contributed by atoms with Crippen LogP contribution in [0.1, 0.15) is 23.9 Å². The molecular formula is C20H19F3N4OS. The molecule has 1 atom stereocenters. The van der Waals surface area contributed by atoms with E-state index in [0.29, 0.717) is 11.0 Å². The van der Waals surface area contributed by atoms with Crippen molar-refractivity contribution in [3.8, 4) is 5.69 Å². The number of amides is 1. The first kappa shape index (κ1) is 20.9. The number of anilines is 1. The number of carbonyl (C=O) groups is 1. The summed E-state index contributed by atoms with van der Waals surface area (Å²) in [5.41, 5.74) is 0.736. The van der Waals surface area contributed by atoms with Crippen LogP contribution in [0.4, 0.5) is 18.9 Å². The molecular weight excluding hydrogens is 401 g/mol. The van der Waals surface area contributed by atoms with Crippen LogP contribution < -0.4 is 5.32 Å². The van der Waals surface area contributed by atoms with Gasteiger partial charge in [-0.1, -0.05) is 42.1 Å². The van der Waals surface area contributed by atoms with Crippen molar-refractivity contribution in [3.63, 3.8) is 0 Å². The predicted octanol–water partition coefficient (Wildman–Crippen LogP) is 5.02. The van der Waals surface area contributed by atoms with Crippen LogP contribution in [-0.4, -0.2) is 25.9 Å². The van der Waals surface area contributed by atoms with E-state index in [4.69, 9.17) is 0 Å². The third-order valence-corrected chi connectivity index (χ3v) is 5.34. The van der Waals surface area contributed by atoms with Crippen LogP contribution >= 0.6 is 11.8 Å². The number of nitrogens with zero attached hydrogens (tertiary/aromatic N) is 3. The number of thioether (sulfide) groups is 1. The highest BCUT2D eigenvalue weighted by Gasteiger charge is 2.34. The van der Waals surface area contributed by atoms with E-state index in [-0.39, 0.29) is 5.69 Å². The van der Waals surface area contributed by atoms with Crippen molar-refractivity contribution in [2.45, 2.75) is 37.4 Å². The van der Waals surface area contributed by atoms with Gasteiger partial charge in [-0.2, -0.15) is 13.2 Å².